The highest BCUT2D eigenvalue weighted by Crippen LogP contribution is 2.29. The monoisotopic (exact) mass is 292 g/mol. The number of hydrogen-bond donors (Lipinski definition) is 0. The molecule has 0 unspecified atom stereocenters. The first-order valence-electron chi connectivity index (χ1n) is 7.72. The molecule has 0 aromatic heterocycles. The summed E-state index contributed by atoms with van der Waals surface area (Å²) in [7, 11) is 1.65. The first-order chi connectivity index (χ1) is 10.7. The quantitative estimate of drug-likeness (QED) is 0.780. The summed E-state index contributed by atoms with van der Waals surface area (Å²) in [4.78, 5) is 12.6. The molecule has 3 rings (SSSR count). The maximum atomic E-state index is 12.6. The Morgan fingerprint density at radius 2 is 1.86 bits per heavy atom. The Kier molecular flexibility index (Phi) is 4.10. The van der Waals surface area contributed by atoms with E-state index in [1.807, 2.05) is 24.3 Å². The number of rotatable bonds is 3. The molecule has 1 aliphatic carbocycles. The van der Waals surface area contributed by atoms with Crippen LogP contribution in [0, 0.1) is 0 Å². The summed E-state index contributed by atoms with van der Waals surface area (Å²) in [6.07, 6.45) is 4.73. The van der Waals surface area contributed by atoms with Crippen molar-refractivity contribution in [2.45, 2.75) is 26.2 Å². The van der Waals surface area contributed by atoms with Crippen molar-refractivity contribution in [1.29, 1.82) is 0 Å². The van der Waals surface area contributed by atoms with Crippen LogP contribution in [0.15, 0.2) is 48.0 Å². The van der Waals surface area contributed by atoms with Gasteiger partial charge in [-0.05, 0) is 60.2 Å². The smallest absolute Gasteiger partial charge is 0.189 e. The zero-order chi connectivity index (χ0) is 15.5. The Bertz CT molecular complexity index is 724. The second kappa shape index (κ2) is 6.18. The number of hydrogen-bond acceptors (Lipinski definition) is 2. The average molecular weight is 292 g/mol. The molecule has 0 saturated carbocycles. The lowest BCUT2D eigenvalue weighted by atomic mass is 9.86. The molecule has 2 aromatic rings. The van der Waals surface area contributed by atoms with Crippen molar-refractivity contribution in [2.24, 2.45) is 0 Å². The van der Waals surface area contributed by atoms with Crippen LogP contribution in [0.4, 0.5) is 0 Å². The van der Waals surface area contributed by atoms with Crippen LogP contribution in [0.5, 0.6) is 5.75 Å². The van der Waals surface area contributed by atoms with Crippen LogP contribution in [-0.4, -0.2) is 12.9 Å². The highest BCUT2D eigenvalue weighted by atomic mass is 16.5. The van der Waals surface area contributed by atoms with Gasteiger partial charge in [-0.25, -0.2) is 0 Å². The summed E-state index contributed by atoms with van der Waals surface area (Å²) >= 11 is 0. The molecule has 0 fully saturated rings. The van der Waals surface area contributed by atoms with Gasteiger partial charge in [-0.2, -0.15) is 0 Å². The minimum absolute atomic E-state index is 0.142. The predicted octanol–water partition coefficient (Wildman–Crippen LogP) is 4.47. The maximum Gasteiger partial charge on any atom is 0.189 e. The number of allylic oxidation sites excluding steroid dienone is 1. The molecular weight excluding hydrogens is 272 g/mol. The van der Waals surface area contributed by atoms with Crippen LogP contribution in [0.25, 0.3) is 6.08 Å². The van der Waals surface area contributed by atoms with Gasteiger partial charge in [0.25, 0.3) is 0 Å². The van der Waals surface area contributed by atoms with E-state index in [0.717, 1.165) is 47.3 Å². The van der Waals surface area contributed by atoms with Gasteiger partial charge in [0.05, 0.1) is 7.11 Å². The van der Waals surface area contributed by atoms with Crippen molar-refractivity contribution in [2.75, 3.05) is 7.11 Å². The van der Waals surface area contributed by atoms with E-state index in [0.29, 0.717) is 0 Å². The van der Waals surface area contributed by atoms with Gasteiger partial charge >= 0.3 is 0 Å². The number of benzene rings is 2. The molecule has 0 spiro atoms. The van der Waals surface area contributed by atoms with Crippen molar-refractivity contribution < 1.29 is 9.53 Å². The molecule has 2 nitrogen and oxygen atoms in total. The van der Waals surface area contributed by atoms with Crippen LogP contribution in [0.2, 0.25) is 0 Å². The van der Waals surface area contributed by atoms with Gasteiger partial charge in [-0.15, -0.1) is 0 Å². The number of fused-ring (bicyclic) bond motifs is 1. The number of ether oxygens (including phenoxy) is 1. The molecule has 1 aliphatic rings. The fourth-order valence-electron chi connectivity index (χ4n) is 2.87. The van der Waals surface area contributed by atoms with Gasteiger partial charge in [0.15, 0.2) is 5.78 Å². The SMILES string of the molecule is CCc1ccc(/C=C2\CCc3cc(OC)ccc3C2=O)cc1. The van der Waals surface area contributed by atoms with Gasteiger partial charge in [0, 0.05) is 11.1 Å². The van der Waals surface area contributed by atoms with E-state index in [9.17, 15) is 4.79 Å². The predicted molar refractivity (Wildman–Crippen MR) is 89.4 cm³/mol. The third-order valence-corrected chi connectivity index (χ3v) is 4.24. The topological polar surface area (TPSA) is 26.3 Å². The highest BCUT2D eigenvalue weighted by molar-refractivity contribution is 6.13. The highest BCUT2D eigenvalue weighted by Gasteiger charge is 2.22. The number of methoxy groups -OCH3 is 1. The number of Topliss-reactive ketones (excluding diaryl/α,β-unsaturated/α-hetero) is 1. The van der Waals surface area contributed by atoms with Crippen molar-refractivity contribution in [1.82, 2.24) is 0 Å². The lowest BCUT2D eigenvalue weighted by molar-refractivity contribution is 0.102. The summed E-state index contributed by atoms with van der Waals surface area (Å²) in [5, 5.41) is 0. The van der Waals surface area contributed by atoms with Crippen LogP contribution in [-0.2, 0) is 12.8 Å². The molecule has 0 saturated heterocycles. The molecule has 0 amide bonds. The van der Waals surface area contributed by atoms with E-state index >= 15 is 0 Å². The Hall–Kier alpha value is -2.35. The number of ketones is 1. The third kappa shape index (κ3) is 2.82. The molecule has 112 valence electrons. The second-order valence-corrected chi connectivity index (χ2v) is 5.62. The standard InChI is InChI=1S/C20H20O2/c1-3-14-4-6-15(7-5-14)12-17-9-8-16-13-18(22-2)10-11-19(16)20(17)21/h4-7,10-13H,3,8-9H2,1-2H3/b17-12+. The minimum Gasteiger partial charge on any atom is -0.497 e. The Morgan fingerprint density at radius 3 is 2.55 bits per heavy atom. The zero-order valence-corrected chi connectivity index (χ0v) is 13.1. The van der Waals surface area contributed by atoms with Crippen molar-refractivity contribution in [3.8, 4) is 5.75 Å². The molecule has 2 aromatic carbocycles. The van der Waals surface area contributed by atoms with E-state index in [4.69, 9.17) is 4.74 Å². The minimum atomic E-state index is 0.142. The summed E-state index contributed by atoms with van der Waals surface area (Å²) in [6.45, 7) is 2.14. The first kappa shape index (κ1) is 14.6. The normalized spacial score (nSPS) is 15.7. The summed E-state index contributed by atoms with van der Waals surface area (Å²) in [5.74, 6) is 0.956. The number of carbonyl (C=O) groups excluding carboxylic acids is 1. The van der Waals surface area contributed by atoms with E-state index in [-0.39, 0.29) is 5.78 Å². The Morgan fingerprint density at radius 1 is 1.09 bits per heavy atom. The molecule has 0 radical (unpaired) electrons. The third-order valence-electron chi connectivity index (χ3n) is 4.24. The van der Waals surface area contributed by atoms with Gasteiger partial charge in [0.2, 0.25) is 0 Å². The van der Waals surface area contributed by atoms with E-state index < -0.39 is 0 Å². The summed E-state index contributed by atoms with van der Waals surface area (Å²) < 4.78 is 5.23. The van der Waals surface area contributed by atoms with Gasteiger partial charge < -0.3 is 4.74 Å². The molecule has 0 aliphatic heterocycles. The Labute approximate surface area is 131 Å². The van der Waals surface area contributed by atoms with Crippen LogP contribution < -0.4 is 4.74 Å². The number of aryl methyl sites for hydroxylation is 2. The first-order valence-corrected chi connectivity index (χ1v) is 7.72. The largest absolute Gasteiger partial charge is 0.497 e. The fraction of sp³-hybridized carbons (Fsp3) is 0.250. The Balaban J connectivity index is 1.89. The molecule has 0 N–H and O–H groups in total. The molecule has 22 heavy (non-hydrogen) atoms. The summed E-state index contributed by atoms with van der Waals surface area (Å²) in [6, 6.07) is 14.1. The van der Waals surface area contributed by atoms with E-state index in [1.165, 1.54) is 5.56 Å². The molecule has 0 atom stereocenters. The molecular formula is C20H20O2. The zero-order valence-electron chi connectivity index (χ0n) is 13.1. The van der Waals surface area contributed by atoms with E-state index in [1.54, 1.807) is 7.11 Å². The summed E-state index contributed by atoms with van der Waals surface area (Å²) in [5.41, 5.74) is 5.19. The number of carbonyl (C=O) groups is 1. The van der Waals surface area contributed by atoms with Crippen LogP contribution in [0.1, 0.15) is 40.4 Å². The van der Waals surface area contributed by atoms with Crippen molar-refractivity contribution in [3.05, 3.63) is 70.3 Å². The maximum absolute atomic E-state index is 12.6. The van der Waals surface area contributed by atoms with Crippen molar-refractivity contribution >= 4 is 11.9 Å². The fourth-order valence-corrected chi connectivity index (χ4v) is 2.87. The van der Waals surface area contributed by atoms with Gasteiger partial charge in [-0.3, -0.25) is 4.79 Å². The van der Waals surface area contributed by atoms with Gasteiger partial charge in [0.1, 0.15) is 5.75 Å². The van der Waals surface area contributed by atoms with Crippen LogP contribution in [0.3, 0.4) is 0 Å². The van der Waals surface area contributed by atoms with Crippen LogP contribution >= 0.6 is 0 Å². The lowest BCUT2D eigenvalue weighted by Crippen LogP contribution is -2.14. The molecule has 0 bridgehead atoms. The van der Waals surface area contributed by atoms with Gasteiger partial charge in [-0.1, -0.05) is 31.2 Å². The lowest BCUT2D eigenvalue weighted by Gasteiger charge is -2.18. The van der Waals surface area contributed by atoms with E-state index in [2.05, 4.69) is 31.2 Å². The second-order valence-electron chi connectivity index (χ2n) is 5.62. The molecule has 0 heterocycles. The average Bonchev–Trinajstić information content (AvgIpc) is 2.57. The molecule has 2 heteroatoms. The van der Waals surface area contributed by atoms with Crippen molar-refractivity contribution in [3.63, 3.8) is 0 Å².